The number of benzene rings is 4. The molecule has 150 valence electrons. The molecule has 0 bridgehead atoms. The Kier molecular flexibility index (Phi) is 6.28. The molecular formula is C27H26NOP. The Morgan fingerprint density at radius 2 is 1.03 bits per heavy atom. The lowest BCUT2D eigenvalue weighted by Crippen LogP contribution is -2.33. The first-order chi connectivity index (χ1) is 14.7. The molecule has 0 saturated carbocycles. The van der Waals surface area contributed by atoms with Gasteiger partial charge in [0.25, 0.3) is 0 Å². The zero-order valence-corrected chi connectivity index (χ0v) is 18.0. The van der Waals surface area contributed by atoms with E-state index in [-0.39, 0.29) is 6.04 Å². The maximum atomic E-state index is 14.8. The van der Waals surface area contributed by atoms with Crippen molar-refractivity contribution in [3.63, 3.8) is 0 Å². The molecule has 0 heterocycles. The molecule has 2 nitrogen and oxygen atoms in total. The predicted octanol–water partition coefficient (Wildman–Crippen LogP) is 5.83. The topological polar surface area (TPSA) is 20.3 Å². The van der Waals surface area contributed by atoms with Gasteiger partial charge in [0.15, 0.2) is 0 Å². The number of nitrogens with zero attached hydrogens (tertiary/aromatic N) is 1. The fourth-order valence-corrected chi connectivity index (χ4v) is 6.73. The summed E-state index contributed by atoms with van der Waals surface area (Å²) in [7, 11) is -1.04. The van der Waals surface area contributed by atoms with Crippen LogP contribution in [0.25, 0.3) is 0 Å². The Balaban J connectivity index is 1.84. The summed E-state index contributed by atoms with van der Waals surface area (Å²) in [4.78, 5) is 0. The molecule has 0 aliphatic heterocycles. The Bertz CT molecular complexity index is 1060. The van der Waals surface area contributed by atoms with Gasteiger partial charge in [-0.05, 0) is 48.9 Å². The van der Waals surface area contributed by atoms with E-state index >= 15 is 0 Å². The molecule has 4 aromatic rings. The van der Waals surface area contributed by atoms with Crippen LogP contribution in [0.5, 0.6) is 0 Å². The second-order valence-corrected chi connectivity index (χ2v) is 10.3. The molecule has 1 unspecified atom stereocenters. The van der Waals surface area contributed by atoms with Crippen molar-refractivity contribution >= 4 is 17.9 Å². The third-order valence-electron chi connectivity index (χ3n) is 5.56. The van der Waals surface area contributed by atoms with E-state index in [4.69, 9.17) is 0 Å². The molecule has 0 N–H and O–H groups in total. The summed E-state index contributed by atoms with van der Waals surface area (Å²) in [5.74, 6) is 0. The molecule has 0 spiro atoms. The Morgan fingerprint density at radius 3 is 1.50 bits per heavy atom. The lowest BCUT2D eigenvalue weighted by molar-refractivity contribution is 0.381. The summed E-state index contributed by atoms with van der Waals surface area (Å²) in [6.07, 6.45) is 0.783. The fraction of sp³-hybridized carbons (Fsp3) is 0.111. The molecule has 0 radical (unpaired) electrons. The van der Waals surface area contributed by atoms with Gasteiger partial charge in [-0.2, -0.15) is 0 Å². The van der Waals surface area contributed by atoms with Crippen molar-refractivity contribution in [1.29, 1.82) is 0 Å². The van der Waals surface area contributed by atoms with Crippen molar-refractivity contribution in [2.45, 2.75) is 12.5 Å². The van der Waals surface area contributed by atoms with Crippen molar-refractivity contribution in [3.8, 4) is 0 Å². The molecule has 4 aromatic carbocycles. The Labute approximate surface area is 179 Å². The molecule has 4 rings (SSSR count). The van der Waals surface area contributed by atoms with Gasteiger partial charge in [0.2, 0.25) is 7.29 Å². The van der Waals surface area contributed by atoms with Crippen LogP contribution in [0.1, 0.15) is 17.2 Å². The van der Waals surface area contributed by atoms with Crippen molar-refractivity contribution in [2.75, 3.05) is 7.05 Å². The van der Waals surface area contributed by atoms with Crippen LogP contribution in [0.4, 0.5) is 0 Å². The largest absolute Gasteiger partial charge is 0.296 e. The summed E-state index contributed by atoms with van der Waals surface area (Å²) in [6, 6.07) is 40.5. The normalized spacial score (nSPS) is 12.6. The molecule has 0 aromatic heterocycles. The fourth-order valence-electron chi connectivity index (χ4n) is 3.95. The lowest BCUT2D eigenvalue weighted by Gasteiger charge is -2.36. The van der Waals surface area contributed by atoms with E-state index in [9.17, 15) is 4.57 Å². The summed E-state index contributed by atoms with van der Waals surface area (Å²) in [5, 5.41) is 1.71. The third-order valence-corrected chi connectivity index (χ3v) is 8.73. The summed E-state index contributed by atoms with van der Waals surface area (Å²) >= 11 is 0. The smallest absolute Gasteiger partial charge is 0.207 e. The van der Waals surface area contributed by atoms with Crippen LogP contribution >= 0.6 is 7.29 Å². The molecule has 3 heteroatoms. The molecule has 0 aliphatic carbocycles. The monoisotopic (exact) mass is 411 g/mol. The Hall–Kier alpha value is -2.93. The van der Waals surface area contributed by atoms with Gasteiger partial charge in [0, 0.05) is 16.7 Å². The van der Waals surface area contributed by atoms with E-state index < -0.39 is 7.29 Å². The number of likely N-dealkylation sites (N-methyl/N-ethyl adjacent to an activating group) is 1. The van der Waals surface area contributed by atoms with Crippen molar-refractivity contribution in [2.24, 2.45) is 0 Å². The minimum absolute atomic E-state index is 0.0279. The van der Waals surface area contributed by atoms with Crippen LogP contribution in [-0.4, -0.2) is 11.7 Å². The first-order valence-electron chi connectivity index (χ1n) is 10.2. The molecule has 0 aliphatic rings. The van der Waals surface area contributed by atoms with Crippen LogP contribution in [0, 0.1) is 0 Å². The van der Waals surface area contributed by atoms with Gasteiger partial charge < -0.3 is 0 Å². The van der Waals surface area contributed by atoms with E-state index in [1.165, 1.54) is 5.56 Å². The zero-order chi connectivity index (χ0) is 20.8. The van der Waals surface area contributed by atoms with Crippen LogP contribution in [0.15, 0.2) is 121 Å². The van der Waals surface area contributed by atoms with Crippen molar-refractivity contribution in [3.05, 3.63) is 132 Å². The quantitative estimate of drug-likeness (QED) is 0.357. The average Bonchev–Trinajstić information content (AvgIpc) is 2.84. The van der Waals surface area contributed by atoms with Gasteiger partial charge in [-0.1, -0.05) is 97.1 Å². The number of hydrogen-bond donors (Lipinski definition) is 0. The van der Waals surface area contributed by atoms with Gasteiger partial charge in [0.1, 0.15) is 0 Å². The molecule has 0 fully saturated rings. The van der Waals surface area contributed by atoms with Crippen LogP contribution in [0.2, 0.25) is 0 Å². The Morgan fingerprint density at radius 1 is 0.633 bits per heavy atom. The second kappa shape index (κ2) is 9.26. The van der Waals surface area contributed by atoms with Crippen LogP contribution < -0.4 is 10.6 Å². The maximum Gasteiger partial charge on any atom is 0.207 e. The summed E-state index contributed by atoms with van der Waals surface area (Å²) in [5.41, 5.74) is 2.39. The van der Waals surface area contributed by atoms with Gasteiger partial charge in [-0.15, -0.1) is 0 Å². The molecule has 0 saturated heterocycles. The van der Waals surface area contributed by atoms with Crippen molar-refractivity contribution < 1.29 is 4.57 Å². The molecule has 1 atom stereocenters. The van der Waals surface area contributed by atoms with E-state index in [1.807, 2.05) is 79.8 Å². The second-order valence-electron chi connectivity index (χ2n) is 7.44. The van der Waals surface area contributed by atoms with E-state index in [0.717, 1.165) is 22.6 Å². The zero-order valence-electron chi connectivity index (χ0n) is 17.1. The summed E-state index contributed by atoms with van der Waals surface area (Å²) in [6.45, 7) is 0. The highest BCUT2D eigenvalue weighted by atomic mass is 31.2. The van der Waals surface area contributed by atoms with Crippen LogP contribution in [0.3, 0.4) is 0 Å². The molecule has 0 amide bonds. The maximum absolute atomic E-state index is 14.8. The first-order valence-corrected chi connectivity index (χ1v) is 11.9. The van der Waals surface area contributed by atoms with Gasteiger partial charge in [-0.3, -0.25) is 4.57 Å². The minimum Gasteiger partial charge on any atom is -0.296 e. The lowest BCUT2D eigenvalue weighted by atomic mass is 9.99. The van der Waals surface area contributed by atoms with E-state index in [0.29, 0.717) is 0 Å². The highest BCUT2D eigenvalue weighted by Crippen LogP contribution is 2.51. The van der Waals surface area contributed by atoms with Gasteiger partial charge in [0.05, 0.1) is 0 Å². The number of rotatable bonds is 7. The van der Waals surface area contributed by atoms with Gasteiger partial charge >= 0.3 is 0 Å². The van der Waals surface area contributed by atoms with E-state index in [2.05, 4.69) is 53.2 Å². The highest BCUT2D eigenvalue weighted by Gasteiger charge is 2.36. The third kappa shape index (κ3) is 4.16. The highest BCUT2D eigenvalue weighted by molar-refractivity contribution is 7.76. The SMILES string of the molecule is CN(C(Cc1ccccc1)c1ccccc1)P(=O)(c1ccccc1)c1ccccc1. The van der Waals surface area contributed by atoms with Crippen LogP contribution in [-0.2, 0) is 11.0 Å². The van der Waals surface area contributed by atoms with Crippen molar-refractivity contribution in [1.82, 2.24) is 4.67 Å². The summed E-state index contributed by atoms with van der Waals surface area (Å²) < 4.78 is 16.9. The standard InChI is InChI=1S/C27H26NOP/c1-28(27(24-16-8-3-9-17-24)22-23-14-6-2-7-15-23)30(29,25-18-10-4-11-19-25)26-20-12-5-13-21-26/h2-21,27H,22H2,1H3. The van der Waals surface area contributed by atoms with Gasteiger partial charge in [-0.25, -0.2) is 4.67 Å². The predicted molar refractivity (Wildman–Crippen MR) is 127 cm³/mol. The molecule has 30 heavy (non-hydrogen) atoms. The van der Waals surface area contributed by atoms with E-state index in [1.54, 1.807) is 0 Å². The number of hydrogen-bond acceptors (Lipinski definition) is 1. The first kappa shape index (κ1) is 20.3. The molecular weight excluding hydrogens is 385 g/mol. The minimum atomic E-state index is -3.04. The average molecular weight is 411 g/mol.